The van der Waals surface area contributed by atoms with Crippen LogP contribution >= 0.6 is 0 Å². The van der Waals surface area contributed by atoms with Gasteiger partial charge >= 0.3 is 0 Å². The minimum atomic E-state index is -1.24. The Balaban J connectivity index is 2.00. The fourth-order valence-electron chi connectivity index (χ4n) is 2.09. The van der Waals surface area contributed by atoms with Crippen molar-refractivity contribution in [2.45, 2.75) is 29.2 Å². The molecule has 0 bridgehead atoms. The lowest BCUT2D eigenvalue weighted by Crippen LogP contribution is -2.38. The van der Waals surface area contributed by atoms with Crippen LogP contribution in [0.15, 0.2) is 35.2 Å². The van der Waals surface area contributed by atoms with Crippen molar-refractivity contribution < 1.29 is 19.5 Å². The van der Waals surface area contributed by atoms with Gasteiger partial charge in [0.05, 0.1) is 35.7 Å². The van der Waals surface area contributed by atoms with Crippen LogP contribution in [-0.2, 0) is 10.8 Å². The van der Waals surface area contributed by atoms with Gasteiger partial charge in [0, 0.05) is 16.7 Å². The van der Waals surface area contributed by atoms with Crippen molar-refractivity contribution >= 4 is 10.8 Å². The molecular weight excluding hydrogens is 254 g/mol. The number of hydrogen-bond donors (Lipinski definition) is 4. The predicted octanol–water partition coefficient (Wildman–Crippen LogP) is -1.15. The molecule has 1 fully saturated rings. The lowest BCUT2D eigenvalue weighted by molar-refractivity contribution is 0.0218. The zero-order chi connectivity index (χ0) is 13.1. The average molecular weight is 271 g/mol. The molecule has 0 amide bonds. The summed E-state index contributed by atoms with van der Waals surface area (Å²) in [6.45, 7) is -0.257. The van der Waals surface area contributed by atoms with Crippen molar-refractivity contribution in [3.63, 3.8) is 0 Å². The SMILES string of the molecule is O=S(C[C@@H]1N[C@H](CO)[C@@H](O)[C@@H]1O)c1ccccc1. The van der Waals surface area contributed by atoms with Crippen molar-refractivity contribution in [2.75, 3.05) is 12.4 Å². The van der Waals surface area contributed by atoms with Crippen LogP contribution in [0.1, 0.15) is 0 Å². The van der Waals surface area contributed by atoms with E-state index in [0.29, 0.717) is 4.90 Å². The van der Waals surface area contributed by atoms with Gasteiger partial charge in [-0.05, 0) is 12.1 Å². The smallest absolute Gasteiger partial charge is 0.0989 e. The molecule has 1 aliphatic heterocycles. The minimum absolute atomic E-state index is 0.207. The number of rotatable bonds is 4. The van der Waals surface area contributed by atoms with E-state index in [-0.39, 0.29) is 12.4 Å². The summed E-state index contributed by atoms with van der Waals surface area (Å²) in [5.41, 5.74) is 0. The normalized spacial score (nSPS) is 33.5. The molecule has 1 aromatic carbocycles. The minimum Gasteiger partial charge on any atom is -0.395 e. The molecule has 6 heteroatoms. The molecule has 1 aromatic rings. The van der Waals surface area contributed by atoms with E-state index in [1.54, 1.807) is 24.3 Å². The van der Waals surface area contributed by atoms with Crippen LogP contribution in [0.25, 0.3) is 0 Å². The first-order chi connectivity index (χ1) is 8.63. The maximum absolute atomic E-state index is 12.1. The van der Waals surface area contributed by atoms with E-state index in [1.807, 2.05) is 6.07 Å². The molecule has 1 unspecified atom stereocenters. The number of benzene rings is 1. The van der Waals surface area contributed by atoms with E-state index in [9.17, 15) is 14.4 Å². The van der Waals surface area contributed by atoms with Gasteiger partial charge in [0.2, 0.25) is 0 Å². The Labute approximate surface area is 108 Å². The summed E-state index contributed by atoms with van der Waals surface area (Å²) in [7, 11) is -1.24. The Morgan fingerprint density at radius 2 is 1.72 bits per heavy atom. The molecule has 2 rings (SSSR count). The van der Waals surface area contributed by atoms with E-state index in [2.05, 4.69) is 5.32 Å². The maximum atomic E-state index is 12.1. The summed E-state index contributed by atoms with van der Waals surface area (Å²) in [6.07, 6.45) is -2.03. The van der Waals surface area contributed by atoms with Crippen molar-refractivity contribution in [3.8, 4) is 0 Å². The summed E-state index contributed by atoms with van der Waals surface area (Å²) in [6, 6.07) is 7.94. The molecule has 18 heavy (non-hydrogen) atoms. The highest BCUT2D eigenvalue weighted by Gasteiger charge is 2.41. The molecule has 0 spiro atoms. The molecule has 1 heterocycles. The van der Waals surface area contributed by atoms with Gasteiger partial charge < -0.3 is 20.6 Å². The summed E-state index contributed by atoms with van der Waals surface area (Å²) in [4.78, 5) is 0.688. The first kappa shape index (κ1) is 13.6. The first-order valence-electron chi connectivity index (χ1n) is 5.80. The third kappa shape index (κ3) is 2.78. The van der Waals surface area contributed by atoms with Crippen LogP contribution in [0.3, 0.4) is 0 Å². The summed E-state index contributed by atoms with van der Waals surface area (Å²) < 4.78 is 12.1. The fraction of sp³-hybridized carbons (Fsp3) is 0.500. The highest BCUT2D eigenvalue weighted by molar-refractivity contribution is 7.85. The van der Waals surface area contributed by atoms with Gasteiger partial charge in [0.25, 0.3) is 0 Å². The molecule has 4 N–H and O–H groups in total. The molecule has 100 valence electrons. The summed E-state index contributed by atoms with van der Waals surface area (Å²) >= 11 is 0. The summed E-state index contributed by atoms with van der Waals surface area (Å²) in [5, 5.41) is 31.3. The molecule has 0 aromatic heterocycles. The molecule has 0 aliphatic carbocycles. The largest absolute Gasteiger partial charge is 0.395 e. The van der Waals surface area contributed by atoms with Crippen molar-refractivity contribution in [3.05, 3.63) is 30.3 Å². The monoisotopic (exact) mass is 271 g/mol. The highest BCUT2D eigenvalue weighted by Crippen LogP contribution is 2.17. The van der Waals surface area contributed by atoms with Gasteiger partial charge in [0.15, 0.2) is 0 Å². The second-order valence-corrected chi connectivity index (χ2v) is 5.86. The molecule has 0 saturated carbocycles. The molecule has 1 aliphatic rings. The van der Waals surface area contributed by atoms with Crippen molar-refractivity contribution in [1.82, 2.24) is 5.32 Å². The van der Waals surface area contributed by atoms with Gasteiger partial charge in [-0.2, -0.15) is 0 Å². The average Bonchev–Trinajstić information content (AvgIpc) is 2.67. The van der Waals surface area contributed by atoms with E-state index < -0.39 is 35.1 Å². The quantitative estimate of drug-likeness (QED) is 0.555. The van der Waals surface area contributed by atoms with E-state index in [1.165, 1.54) is 0 Å². The second kappa shape index (κ2) is 5.90. The fourth-order valence-corrected chi connectivity index (χ4v) is 3.36. The summed E-state index contributed by atoms with van der Waals surface area (Å²) in [5.74, 6) is 0.207. The van der Waals surface area contributed by atoms with Crippen LogP contribution in [0.5, 0.6) is 0 Å². The molecular formula is C12H17NO4S. The van der Waals surface area contributed by atoms with Crippen LogP contribution in [0.2, 0.25) is 0 Å². The second-order valence-electron chi connectivity index (χ2n) is 4.37. The van der Waals surface area contributed by atoms with Crippen LogP contribution < -0.4 is 5.32 Å². The number of hydrogen-bond acceptors (Lipinski definition) is 5. The highest BCUT2D eigenvalue weighted by atomic mass is 32.2. The molecule has 0 radical (unpaired) electrons. The van der Waals surface area contributed by atoms with Crippen LogP contribution in [-0.4, -0.2) is 56.2 Å². The first-order valence-corrected chi connectivity index (χ1v) is 7.12. The Hall–Kier alpha value is -0.790. The molecule has 5 atom stereocenters. The van der Waals surface area contributed by atoms with Gasteiger partial charge in [-0.1, -0.05) is 18.2 Å². The van der Waals surface area contributed by atoms with E-state index in [4.69, 9.17) is 5.11 Å². The predicted molar refractivity (Wildman–Crippen MR) is 67.5 cm³/mol. The van der Waals surface area contributed by atoms with Gasteiger partial charge in [-0.25, -0.2) is 0 Å². The number of aliphatic hydroxyl groups excluding tert-OH is 3. The zero-order valence-electron chi connectivity index (χ0n) is 9.77. The van der Waals surface area contributed by atoms with Gasteiger partial charge in [0.1, 0.15) is 0 Å². The number of nitrogens with one attached hydrogen (secondary N) is 1. The van der Waals surface area contributed by atoms with Crippen LogP contribution in [0, 0.1) is 0 Å². The Bertz CT molecular complexity index is 414. The van der Waals surface area contributed by atoms with Crippen molar-refractivity contribution in [2.24, 2.45) is 0 Å². The Morgan fingerprint density at radius 1 is 1.11 bits per heavy atom. The topological polar surface area (TPSA) is 89.8 Å². The third-order valence-corrected chi connectivity index (χ3v) is 4.60. The lowest BCUT2D eigenvalue weighted by atomic mass is 10.1. The Kier molecular flexibility index (Phi) is 4.47. The lowest BCUT2D eigenvalue weighted by Gasteiger charge is -2.15. The molecule has 5 nitrogen and oxygen atoms in total. The van der Waals surface area contributed by atoms with E-state index in [0.717, 1.165) is 0 Å². The zero-order valence-corrected chi connectivity index (χ0v) is 10.6. The third-order valence-electron chi connectivity index (χ3n) is 3.14. The standard InChI is InChI=1S/C12H17NO4S/c14-6-9-11(15)12(16)10(13-9)7-18(17)8-4-2-1-3-5-8/h1-5,9-16H,6-7H2/t9-,10+,11-,12-,18?/m1/s1. The van der Waals surface area contributed by atoms with E-state index >= 15 is 0 Å². The van der Waals surface area contributed by atoms with Gasteiger partial charge in [-0.3, -0.25) is 4.21 Å². The maximum Gasteiger partial charge on any atom is 0.0989 e. The Morgan fingerprint density at radius 3 is 2.28 bits per heavy atom. The van der Waals surface area contributed by atoms with Crippen LogP contribution in [0.4, 0.5) is 0 Å². The number of aliphatic hydroxyl groups is 3. The van der Waals surface area contributed by atoms with Crippen molar-refractivity contribution in [1.29, 1.82) is 0 Å². The molecule has 1 saturated heterocycles. The van der Waals surface area contributed by atoms with Gasteiger partial charge in [-0.15, -0.1) is 0 Å².